The first-order valence-corrected chi connectivity index (χ1v) is 11.2. The summed E-state index contributed by atoms with van der Waals surface area (Å²) in [5, 5.41) is 9.61. The van der Waals surface area contributed by atoms with Crippen molar-refractivity contribution in [1.82, 2.24) is 0 Å². The molecule has 0 saturated carbocycles. The van der Waals surface area contributed by atoms with E-state index in [1.165, 1.54) is 0 Å². The molecule has 168 valence electrons. The lowest BCUT2D eigenvalue weighted by molar-refractivity contribution is -0.189. The predicted octanol–water partition coefficient (Wildman–Crippen LogP) is 4.81. The van der Waals surface area contributed by atoms with Crippen LogP contribution in [0.3, 0.4) is 0 Å². The van der Waals surface area contributed by atoms with Gasteiger partial charge in [-0.1, -0.05) is 91.0 Å². The van der Waals surface area contributed by atoms with E-state index < -0.39 is 29.7 Å². The maximum atomic E-state index is 9.61. The fourth-order valence-corrected chi connectivity index (χ4v) is 4.90. The average molecular weight is 442 g/mol. The van der Waals surface area contributed by atoms with Gasteiger partial charge >= 0.3 is 0 Å². The smallest absolute Gasteiger partial charge is 0.173 e. The lowest BCUT2D eigenvalue weighted by Crippen LogP contribution is -2.39. The molecular weight excluding hydrogens is 414 g/mol. The summed E-state index contributed by atoms with van der Waals surface area (Å²) in [5.41, 5.74) is 2.18. The fourth-order valence-electron chi connectivity index (χ4n) is 4.90. The minimum atomic E-state index is -0.859. The normalized spacial score (nSPS) is 26.0. The van der Waals surface area contributed by atoms with Crippen LogP contribution in [0.5, 0.6) is 0 Å². The van der Waals surface area contributed by atoms with Crippen molar-refractivity contribution in [2.24, 2.45) is 0 Å². The number of benzene rings is 3. The Kier molecular flexibility index (Phi) is 5.77. The molecule has 2 heterocycles. The minimum absolute atomic E-state index is 0.234. The van der Waals surface area contributed by atoms with Crippen molar-refractivity contribution < 1.29 is 18.9 Å². The zero-order valence-electron chi connectivity index (χ0n) is 18.8. The Balaban J connectivity index is 1.56. The Morgan fingerprint density at radius 3 is 1.70 bits per heavy atom. The van der Waals surface area contributed by atoms with Crippen molar-refractivity contribution in [3.05, 3.63) is 108 Å². The summed E-state index contributed by atoms with van der Waals surface area (Å²) in [6.45, 7) is 3.96. The monoisotopic (exact) mass is 441 g/mol. The summed E-state index contributed by atoms with van der Waals surface area (Å²) in [6.07, 6.45) is -1.93. The summed E-state index contributed by atoms with van der Waals surface area (Å²) in [6, 6.07) is 32.8. The molecule has 0 amide bonds. The molecule has 0 spiro atoms. The number of hydrogen-bond acceptors (Lipinski definition) is 5. The first-order valence-electron chi connectivity index (χ1n) is 11.2. The van der Waals surface area contributed by atoms with Gasteiger partial charge in [-0.05, 0) is 30.5 Å². The molecule has 3 aromatic carbocycles. The van der Waals surface area contributed by atoms with Crippen LogP contribution in [-0.4, -0.2) is 36.8 Å². The van der Waals surface area contributed by atoms with E-state index in [0.29, 0.717) is 0 Å². The van der Waals surface area contributed by atoms with Crippen LogP contribution in [0.25, 0.3) is 0 Å². The molecule has 3 aromatic rings. The number of ether oxygens (including phenoxy) is 4. The Morgan fingerprint density at radius 1 is 0.788 bits per heavy atom. The quantitative estimate of drug-likeness (QED) is 0.514. The molecule has 2 fully saturated rings. The minimum Gasteiger partial charge on any atom is -0.358 e. The van der Waals surface area contributed by atoms with Gasteiger partial charge in [0, 0.05) is 0 Å². The zero-order valence-corrected chi connectivity index (χ0v) is 18.8. The molecule has 2 aliphatic heterocycles. The highest BCUT2D eigenvalue weighted by molar-refractivity contribution is 5.47. The topological polar surface area (TPSA) is 60.7 Å². The SMILES string of the molecule is CC1(C)O[C@@H]2[C@@H](COC(c3ccccc3)(c3ccccc3)c3ccccc3)OC(C#N)[C@@H]2O1. The van der Waals surface area contributed by atoms with Crippen molar-refractivity contribution in [3.8, 4) is 6.07 Å². The summed E-state index contributed by atoms with van der Waals surface area (Å²) in [7, 11) is 0. The maximum Gasteiger partial charge on any atom is 0.173 e. The van der Waals surface area contributed by atoms with Gasteiger partial charge in [-0.15, -0.1) is 0 Å². The molecule has 4 atom stereocenters. The highest BCUT2D eigenvalue weighted by atomic mass is 16.8. The van der Waals surface area contributed by atoms with Crippen molar-refractivity contribution in [3.63, 3.8) is 0 Å². The van der Waals surface area contributed by atoms with Crippen molar-refractivity contribution in [2.75, 3.05) is 6.61 Å². The Labute approximate surface area is 194 Å². The molecular formula is C28H27NO4. The van der Waals surface area contributed by atoms with Gasteiger partial charge in [-0.25, -0.2) is 0 Å². The van der Waals surface area contributed by atoms with Crippen LogP contribution in [0, 0.1) is 11.3 Å². The summed E-state index contributed by atoms with van der Waals surface area (Å²) in [4.78, 5) is 0. The van der Waals surface area contributed by atoms with Crippen LogP contribution in [0.2, 0.25) is 0 Å². The molecule has 1 unspecified atom stereocenters. The van der Waals surface area contributed by atoms with Gasteiger partial charge in [0.1, 0.15) is 23.9 Å². The maximum absolute atomic E-state index is 9.61. The van der Waals surface area contributed by atoms with Crippen LogP contribution < -0.4 is 0 Å². The van der Waals surface area contributed by atoms with E-state index in [9.17, 15) is 5.26 Å². The Hall–Kier alpha value is -3.01. The second-order valence-electron chi connectivity index (χ2n) is 8.88. The Bertz CT molecular complexity index is 1010. The number of nitriles is 1. The van der Waals surface area contributed by atoms with E-state index in [0.717, 1.165) is 16.7 Å². The van der Waals surface area contributed by atoms with Gasteiger partial charge in [0.2, 0.25) is 0 Å². The van der Waals surface area contributed by atoms with Crippen LogP contribution >= 0.6 is 0 Å². The summed E-state index contributed by atoms with van der Waals surface area (Å²) >= 11 is 0. The average Bonchev–Trinajstić information content (AvgIpc) is 3.34. The van der Waals surface area contributed by atoms with Crippen LogP contribution in [-0.2, 0) is 24.5 Å². The molecule has 0 radical (unpaired) electrons. The van der Waals surface area contributed by atoms with E-state index in [4.69, 9.17) is 18.9 Å². The summed E-state index contributed by atoms with van der Waals surface area (Å²) in [5.74, 6) is -0.762. The largest absolute Gasteiger partial charge is 0.358 e. The third kappa shape index (κ3) is 3.96. The zero-order chi connectivity index (χ0) is 22.9. The number of rotatable bonds is 6. The second kappa shape index (κ2) is 8.74. The highest BCUT2D eigenvalue weighted by Gasteiger charge is 2.56. The molecule has 2 aliphatic rings. The molecule has 5 nitrogen and oxygen atoms in total. The molecule has 0 N–H and O–H groups in total. The highest BCUT2D eigenvalue weighted by Crippen LogP contribution is 2.43. The van der Waals surface area contributed by atoms with Gasteiger partial charge in [-0.2, -0.15) is 5.26 Å². The predicted molar refractivity (Wildman–Crippen MR) is 123 cm³/mol. The molecule has 0 bridgehead atoms. The van der Waals surface area contributed by atoms with Crippen molar-refractivity contribution in [2.45, 2.75) is 49.7 Å². The van der Waals surface area contributed by atoms with E-state index >= 15 is 0 Å². The van der Waals surface area contributed by atoms with E-state index in [1.807, 2.05) is 68.4 Å². The van der Waals surface area contributed by atoms with Gasteiger partial charge in [0.05, 0.1) is 12.7 Å². The molecule has 33 heavy (non-hydrogen) atoms. The van der Waals surface area contributed by atoms with Gasteiger partial charge in [0.15, 0.2) is 11.9 Å². The van der Waals surface area contributed by atoms with Crippen LogP contribution in [0.1, 0.15) is 30.5 Å². The number of fused-ring (bicyclic) bond motifs is 1. The lowest BCUT2D eigenvalue weighted by Gasteiger charge is -2.37. The first kappa shape index (κ1) is 21.8. The fraction of sp³-hybridized carbons (Fsp3) is 0.321. The molecule has 2 saturated heterocycles. The number of hydrogen-bond donors (Lipinski definition) is 0. The van der Waals surface area contributed by atoms with Crippen molar-refractivity contribution in [1.29, 1.82) is 5.26 Å². The van der Waals surface area contributed by atoms with Gasteiger partial charge in [-0.3, -0.25) is 0 Å². The molecule has 0 aromatic heterocycles. The van der Waals surface area contributed by atoms with E-state index in [1.54, 1.807) is 0 Å². The molecule has 5 heteroatoms. The third-order valence-corrected chi connectivity index (χ3v) is 6.28. The molecule has 5 rings (SSSR count). The van der Waals surface area contributed by atoms with Crippen LogP contribution in [0.4, 0.5) is 0 Å². The van der Waals surface area contributed by atoms with Gasteiger partial charge < -0.3 is 18.9 Å². The van der Waals surface area contributed by atoms with Crippen LogP contribution in [0.15, 0.2) is 91.0 Å². The van der Waals surface area contributed by atoms with Gasteiger partial charge in [0.25, 0.3) is 0 Å². The van der Waals surface area contributed by atoms with E-state index in [-0.39, 0.29) is 12.7 Å². The third-order valence-electron chi connectivity index (χ3n) is 6.28. The molecule has 0 aliphatic carbocycles. The number of nitrogens with zero attached hydrogens (tertiary/aromatic N) is 1. The van der Waals surface area contributed by atoms with E-state index in [2.05, 4.69) is 42.5 Å². The Morgan fingerprint density at radius 2 is 1.24 bits per heavy atom. The lowest BCUT2D eigenvalue weighted by atomic mass is 9.80. The standard InChI is InChI=1S/C28H27NO4/c1-27(2)32-25-23(18-29)31-24(26(25)33-27)19-30-28(20-12-6-3-7-13-20,21-14-8-4-9-15-21)22-16-10-5-11-17-22/h3-17,23-26H,19H2,1-2H3/t23?,24-,25+,26-/m1/s1. The summed E-state index contributed by atoms with van der Waals surface area (Å²) < 4.78 is 25.0. The first-order chi connectivity index (χ1) is 16.0. The second-order valence-corrected chi connectivity index (χ2v) is 8.88. The van der Waals surface area contributed by atoms with Crippen molar-refractivity contribution >= 4 is 0 Å².